The number of halogens is 1. The summed E-state index contributed by atoms with van der Waals surface area (Å²) in [4.78, 5) is 13.9. The number of nitrogens with zero attached hydrogens (tertiary/aromatic N) is 1. The topological polar surface area (TPSA) is 54.5 Å². The third kappa shape index (κ3) is 3.85. The lowest BCUT2D eigenvalue weighted by Crippen LogP contribution is -2.49. The van der Waals surface area contributed by atoms with Gasteiger partial charge in [0.15, 0.2) is 9.84 Å². The molecule has 1 aromatic carbocycles. The third-order valence-electron chi connectivity index (χ3n) is 4.41. The first-order valence-corrected chi connectivity index (χ1v) is 9.44. The molecule has 22 heavy (non-hydrogen) atoms. The summed E-state index contributed by atoms with van der Waals surface area (Å²) in [6, 6.07) is 5.85. The van der Waals surface area contributed by atoms with Gasteiger partial charge in [0.25, 0.3) is 0 Å². The minimum absolute atomic E-state index is 0.0455. The van der Waals surface area contributed by atoms with Crippen molar-refractivity contribution in [2.75, 3.05) is 13.3 Å². The van der Waals surface area contributed by atoms with E-state index in [0.29, 0.717) is 18.4 Å². The summed E-state index contributed by atoms with van der Waals surface area (Å²) in [5.74, 6) is -0.654. The number of benzene rings is 1. The van der Waals surface area contributed by atoms with Crippen LogP contribution >= 0.6 is 0 Å². The molecule has 1 fully saturated rings. The van der Waals surface area contributed by atoms with Gasteiger partial charge in [-0.25, -0.2) is 12.8 Å². The third-order valence-corrected chi connectivity index (χ3v) is 6.06. The Hall–Kier alpha value is -1.43. The Morgan fingerprint density at radius 1 is 1.27 bits per heavy atom. The van der Waals surface area contributed by atoms with Crippen LogP contribution in [0.5, 0.6) is 0 Å². The zero-order chi connectivity index (χ0) is 16.3. The Morgan fingerprint density at radius 3 is 2.55 bits per heavy atom. The summed E-state index contributed by atoms with van der Waals surface area (Å²) in [7, 11) is -1.58. The maximum absolute atomic E-state index is 13.7. The van der Waals surface area contributed by atoms with Crippen LogP contribution in [-0.2, 0) is 21.1 Å². The normalized spacial score (nSPS) is 22.3. The lowest BCUT2D eigenvalue weighted by atomic mass is 9.93. The minimum atomic E-state index is -3.20. The molecule has 122 valence electrons. The number of carbonyl (C=O) groups excluding carboxylic acids is 1. The van der Waals surface area contributed by atoms with E-state index < -0.39 is 20.9 Å². The molecule has 1 amide bonds. The van der Waals surface area contributed by atoms with Crippen LogP contribution in [0.1, 0.15) is 31.2 Å². The fraction of sp³-hybridized carbons (Fsp3) is 0.562. The molecule has 0 radical (unpaired) electrons. The molecule has 2 atom stereocenters. The van der Waals surface area contributed by atoms with Gasteiger partial charge in [0.05, 0.1) is 11.7 Å². The van der Waals surface area contributed by atoms with Crippen LogP contribution in [0.2, 0.25) is 0 Å². The Bertz CT molecular complexity index is 645. The Kier molecular flexibility index (Phi) is 5.21. The number of rotatable bonds is 4. The summed E-state index contributed by atoms with van der Waals surface area (Å²) < 4.78 is 37.5. The van der Waals surface area contributed by atoms with Crippen molar-refractivity contribution in [2.24, 2.45) is 0 Å². The Morgan fingerprint density at radius 2 is 1.91 bits per heavy atom. The van der Waals surface area contributed by atoms with Crippen molar-refractivity contribution < 1.29 is 17.6 Å². The monoisotopic (exact) mass is 327 g/mol. The molecule has 0 bridgehead atoms. The number of likely N-dealkylation sites (N-methyl/N-ethyl adjacent to an activating group) is 1. The molecule has 0 saturated heterocycles. The van der Waals surface area contributed by atoms with Crippen molar-refractivity contribution in [3.05, 3.63) is 35.6 Å². The SMILES string of the molecule is CN(C(=O)Cc1ccccc1F)[C@H]1CCCC[C@@H]1S(C)(=O)=O. The fourth-order valence-electron chi connectivity index (χ4n) is 3.13. The van der Waals surface area contributed by atoms with Gasteiger partial charge in [0.1, 0.15) is 5.82 Å². The van der Waals surface area contributed by atoms with Crippen LogP contribution in [0, 0.1) is 5.82 Å². The molecule has 0 heterocycles. The molecule has 1 aliphatic carbocycles. The lowest BCUT2D eigenvalue weighted by Gasteiger charge is -2.37. The molecule has 0 aromatic heterocycles. The smallest absolute Gasteiger partial charge is 0.227 e. The van der Waals surface area contributed by atoms with Gasteiger partial charge in [-0.15, -0.1) is 0 Å². The molecule has 1 saturated carbocycles. The van der Waals surface area contributed by atoms with Gasteiger partial charge >= 0.3 is 0 Å². The van der Waals surface area contributed by atoms with E-state index in [2.05, 4.69) is 0 Å². The molecule has 1 aliphatic rings. The van der Waals surface area contributed by atoms with E-state index in [-0.39, 0.29) is 18.4 Å². The predicted molar refractivity (Wildman–Crippen MR) is 83.8 cm³/mol. The van der Waals surface area contributed by atoms with E-state index in [4.69, 9.17) is 0 Å². The van der Waals surface area contributed by atoms with Gasteiger partial charge in [-0.05, 0) is 24.5 Å². The van der Waals surface area contributed by atoms with Gasteiger partial charge < -0.3 is 4.90 Å². The molecule has 1 aromatic rings. The van der Waals surface area contributed by atoms with Crippen LogP contribution in [0.4, 0.5) is 4.39 Å². The standard InChI is InChI=1S/C16H22FNO3S/c1-18(14-9-5-6-10-15(14)22(2,20)21)16(19)11-12-7-3-4-8-13(12)17/h3-4,7-8,14-15H,5-6,9-11H2,1-2H3/t14-,15-/m0/s1. The van der Waals surface area contributed by atoms with Crippen molar-refractivity contribution in [3.8, 4) is 0 Å². The van der Waals surface area contributed by atoms with E-state index >= 15 is 0 Å². The minimum Gasteiger partial charge on any atom is -0.341 e. The first kappa shape index (κ1) is 16.9. The van der Waals surface area contributed by atoms with Crippen molar-refractivity contribution in [1.82, 2.24) is 4.90 Å². The molecular weight excluding hydrogens is 305 g/mol. The Labute approximate surface area is 131 Å². The average Bonchev–Trinajstić information content (AvgIpc) is 2.48. The first-order valence-electron chi connectivity index (χ1n) is 7.48. The van der Waals surface area contributed by atoms with E-state index in [0.717, 1.165) is 12.8 Å². The number of carbonyl (C=O) groups is 1. The molecule has 0 unspecified atom stereocenters. The molecule has 2 rings (SSSR count). The number of hydrogen-bond donors (Lipinski definition) is 0. The second-order valence-electron chi connectivity index (χ2n) is 5.99. The van der Waals surface area contributed by atoms with E-state index in [1.165, 1.54) is 17.2 Å². The maximum Gasteiger partial charge on any atom is 0.227 e. The van der Waals surface area contributed by atoms with Gasteiger partial charge in [-0.3, -0.25) is 4.79 Å². The average molecular weight is 327 g/mol. The summed E-state index contributed by atoms with van der Waals surface area (Å²) in [5.41, 5.74) is 0.339. The zero-order valence-corrected chi connectivity index (χ0v) is 13.8. The molecule has 4 nitrogen and oxygen atoms in total. The van der Waals surface area contributed by atoms with Gasteiger partial charge in [0, 0.05) is 19.3 Å². The van der Waals surface area contributed by atoms with Crippen molar-refractivity contribution in [1.29, 1.82) is 0 Å². The molecule has 0 aliphatic heterocycles. The van der Waals surface area contributed by atoms with Crippen molar-refractivity contribution >= 4 is 15.7 Å². The van der Waals surface area contributed by atoms with Gasteiger partial charge in [-0.1, -0.05) is 31.0 Å². The van der Waals surface area contributed by atoms with Crippen LogP contribution < -0.4 is 0 Å². The quantitative estimate of drug-likeness (QED) is 0.852. The summed E-state index contributed by atoms with van der Waals surface area (Å²) in [6.07, 6.45) is 4.22. The van der Waals surface area contributed by atoms with Crippen LogP contribution in [0.25, 0.3) is 0 Å². The largest absolute Gasteiger partial charge is 0.341 e. The lowest BCUT2D eigenvalue weighted by molar-refractivity contribution is -0.131. The second kappa shape index (κ2) is 6.77. The second-order valence-corrected chi connectivity index (χ2v) is 8.26. The van der Waals surface area contributed by atoms with Crippen molar-refractivity contribution in [2.45, 2.75) is 43.4 Å². The fourth-order valence-corrected chi connectivity index (χ4v) is 4.62. The molecule has 0 spiro atoms. The van der Waals surface area contributed by atoms with Crippen LogP contribution in [0.15, 0.2) is 24.3 Å². The number of sulfone groups is 1. The summed E-state index contributed by atoms with van der Waals surface area (Å²) in [6.45, 7) is 0. The van der Waals surface area contributed by atoms with E-state index in [1.54, 1.807) is 25.2 Å². The first-order chi connectivity index (χ1) is 10.3. The van der Waals surface area contributed by atoms with Crippen LogP contribution in [0.3, 0.4) is 0 Å². The highest BCUT2D eigenvalue weighted by atomic mass is 32.2. The van der Waals surface area contributed by atoms with Crippen molar-refractivity contribution in [3.63, 3.8) is 0 Å². The van der Waals surface area contributed by atoms with Gasteiger partial charge in [0.2, 0.25) is 5.91 Å². The van der Waals surface area contributed by atoms with E-state index in [1.807, 2.05) is 0 Å². The molecular formula is C16H22FNO3S. The molecule has 0 N–H and O–H groups in total. The number of hydrogen-bond acceptors (Lipinski definition) is 3. The van der Waals surface area contributed by atoms with Gasteiger partial charge in [-0.2, -0.15) is 0 Å². The highest BCUT2D eigenvalue weighted by Gasteiger charge is 2.36. The maximum atomic E-state index is 13.7. The summed E-state index contributed by atoms with van der Waals surface area (Å²) >= 11 is 0. The van der Waals surface area contributed by atoms with Crippen LogP contribution in [-0.4, -0.2) is 43.8 Å². The predicted octanol–water partition coefficient (Wildman–Crippen LogP) is 2.18. The summed E-state index contributed by atoms with van der Waals surface area (Å²) in [5, 5.41) is -0.518. The highest BCUT2D eigenvalue weighted by molar-refractivity contribution is 7.91. The zero-order valence-electron chi connectivity index (χ0n) is 13.0. The number of amides is 1. The molecule has 6 heteroatoms. The van der Waals surface area contributed by atoms with E-state index in [9.17, 15) is 17.6 Å². The Balaban J connectivity index is 2.13. The highest BCUT2D eigenvalue weighted by Crippen LogP contribution is 2.28.